The molecule has 1 aliphatic heterocycles. The number of ether oxygens (including phenoxy) is 2. The van der Waals surface area contributed by atoms with Crippen LogP contribution in [0.25, 0.3) is 6.08 Å². The molecule has 0 radical (unpaired) electrons. The fourth-order valence-corrected chi connectivity index (χ4v) is 4.09. The predicted molar refractivity (Wildman–Crippen MR) is 143 cm³/mol. The van der Waals surface area contributed by atoms with Crippen LogP contribution in [0.1, 0.15) is 11.1 Å². The van der Waals surface area contributed by atoms with Crippen LogP contribution >= 0.6 is 34.8 Å². The number of nitrogens with zero attached hydrogens (tertiary/aromatic N) is 1. The standard InChI is InChI=1S/C27H19Cl3N2O5/c1-2-11-36-24-10-5-18(28)12-17(24)13-22-25(33)31-27(35)32(26(22)34)20-6-8-21(9-7-20)37-15-16-3-4-19(29)14-23(16)30/h2-10,12-14H,1,11,15H2,(H,31,33,35)/b22-13+. The molecule has 4 rings (SSSR count). The van der Waals surface area contributed by atoms with Crippen molar-refractivity contribution < 1.29 is 23.9 Å². The van der Waals surface area contributed by atoms with E-state index in [9.17, 15) is 14.4 Å². The second kappa shape index (κ2) is 11.5. The second-order valence-electron chi connectivity index (χ2n) is 7.76. The van der Waals surface area contributed by atoms with Gasteiger partial charge in [-0.25, -0.2) is 9.69 Å². The maximum absolute atomic E-state index is 13.3. The lowest BCUT2D eigenvalue weighted by molar-refractivity contribution is -0.122. The normalized spacial score (nSPS) is 14.5. The Bertz CT molecular complexity index is 1420. The van der Waals surface area contributed by atoms with Crippen LogP contribution in [0.3, 0.4) is 0 Å². The van der Waals surface area contributed by atoms with Crippen LogP contribution in [-0.2, 0) is 16.2 Å². The van der Waals surface area contributed by atoms with E-state index < -0.39 is 17.8 Å². The summed E-state index contributed by atoms with van der Waals surface area (Å²) >= 11 is 18.2. The first-order valence-electron chi connectivity index (χ1n) is 10.9. The summed E-state index contributed by atoms with van der Waals surface area (Å²) in [4.78, 5) is 39.2. The Labute approximate surface area is 227 Å². The molecular formula is C27H19Cl3N2O5. The number of carbonyl (C=O) groups is 3. The average Bonchev–Trinajstić information content (AvgIpc) is 2.86. The summed E-state index contributed by atoms with van der Waals surface area (Å²) in [6.45, 7) is 4.01. The lowest BCUT2D eigenvalue weighted by Crippen LogP contribution is -2.54. The summed E-state index contributed by atoms with van der Waals surface area (Å²) < 4.78 is 11.3. The molecular weight excluding hydrogens is 539 g/mol. The molecule has 0 bridgehead atoms. The van der Waals surface area contributed by atoms with Gasteiger partial charge in [0.15, 0.2) is 0 Å². The molecule has 37 heavy (non-hydrogen) atoms. The molecule has 0 atom stereocenters. The van der Waals surface area contributed by atoms with Crippen LogP contribution in [0.4, 0.5) is 10.5 Å². The Balaban J connectivity index is 1.56. The van der Waals surface area contributed by atoms with Crippen LogP contribution in [-0.4, -0.2) is 24.5 Å². The molecule has 3 aromatic carbocycles. The van der Waals surface area contributed by atoms with Gasteiger partial charge >= 0.3 is 6.03 Å². The van der Waals surface area contributed by atoms with Crippen molar-refractivity contribution in [3.8, 4) is 11.5 Å². The average molecular weight is 558 g/mol. The molecule has 1 fully saturated rings. The lowest BCUT2D eigenvalue weighted by Gasteiger charge is -2.26. The second-order valence-corrected chi connectivity index (χ2v) is 9.04. The van der Waals surface area contributed by atoms with E-state index in [1.807, 2.05) is 0 Å². The Morgan fingerprint density at radius 3 is 2.30 bits per heavy atom. The van der Waals surface area contributed by atoms with E-state index in [-0.39, 0.29) is 24.5 Å². The number of amides is 4. The smallest absolute Gasteiger partial charge is 0.335 e. The number of barbiturate groups is 1. The number of benzene rings is 3. The molecule has 1 heterocycles. The van der Waals surface area contributed by atoms with Crippen LogP contribution in [0.2, 0.25) is 15.1 Å². The van der Waals surface area contributed by atoms with Crippen LogP contribution in [0.15, 0.2) is 78.9 Å². The third-order valence-corrected chi connectivity index (χ3v) is 6.06. The molecule has 188 valence electrons. The summed E-state index contributed by atoms with van der Waals surface area (Å²) in [6, 6.07) is 15.2. The number of rotatable bonds is 8. The maximum Gasteiger partial charge on any atom is 0.335 e. The van der Waals surface area contributed by atoms with Gasteiger partial charge in [-0.2, -0.15) is 0 Å². The predicted octanol–water partition coefficient (Wildman–Crippen LogP) is 6.46. The van der Waals surface area contributed by atoms with E-state index >= 15 is 0 Å². The highest BCUT2D eigenvalue weighted by atomic mass is 35.5. The molecule has 1 N–H and O–H groups in total. The van der Waals surface area contributed by atoms with Crippen molar-refractivity contribution in [2.45, 2.75) is 6.61 Å². The van der Waals surface area contributed by atoms with E-state index in [0.29, 0.717) is 32.1 Å². The summed E-state index contributed by atoms with van der Waals surface area (Å²) in [5, 5.41) is 3.56. The number of hydrogen-bond donors (Lipinski definition) is 1. The van der Waals surface area contributed by atoms with E-state index in [4.69, 9.17) is 44.3 Å². The first-order valence-corrected chi connectivity index (χ1v) is 12.0. The van der Waals surface area contributed by atoms with E-state index in [1.165, 1.54) is 18.2 Å². The van der Waals surface area contributed by atoms with Crippen LogP contribution in [0.5, 0.6) is 11.5 Å². The van der Waals surface area contributed by atoms with Gasteiger partial charge in [-0.3, -0.25) is 14.9 Å². The van der Waals surface area contributed by atoms with Crippen molar-refractivity contribution >= 4 is 64.4 Å². The zero-order valence-electron chi connectivity index (χ0n) is 19.2. The van der Waals surface area contributed by atoms with E-state index in [1.54, 1.807) is 54.6 Å². The summed E-state index contributed by atoms with van der Waals surface area (Å²) in [7, 11) is 0. The fourth-order valence-electron chi connectivity index (χ4n) is 3.45. The van der Waals surface area contributed by atoms with Gasteiger partial charge in [-0.15, -0.1) is 0 Å². The highest BCUT2D eigenvalue weighted by Crippen LogP contribution is 2.29. The monoisotopic (exact) mass is 556 g/mol. The minimum Gasteiger partial charge on any atom is -0.489 e. The Morgan fingerprint density at radius 1 is 0.892 bits per heavy atom. The summed E-state index contributed by atoms with van der Waals surface area (Å²) in [5.41, 5.74) is 1.12. The van der Waals surface area contributed by atoms with Crippen molar-refractivity contribution in [3.05, 3.63) is 105 Å². The number of imide groups is 2. The third-order valence-electron chi connectivity index (χ3n) is 5.23. The zero-order chi connectivity index (χ0) is 26.5. The van der Waals surface area contributed by atoms with Crippen molar-refractivity contribution in [2.75, 3.05) is 11.5 Å². The van der Waals surface area contributed by atoms with Crippen molar-refractivity contribution in [2.24, 2.45) is 0 Å². The first-order chi connectivity index (χ1) is 17.8. The van der Waals surface area contributed by atoms with Gasteiger partial charge in [0.25, 0.3) is 11.8 Å². The Hall–Kier alpha value is -3.78. The van der Waals surface area contributed by atoms with Gasteiger partial charge in [0.1, 0.15) is 30.3 Å². The molecule has 0 aliphatic carbocycles. The molecule has 4 amide bonds. The number of urea groups is 1. The third kappa shape index (κ3) is 6.14. The summed E-state index contributed by atoms with van der Waals surface area (Å²) in [6.07, 6.45) is 2.89. The van der Waals surface area contributed by atoms with Crippen molar-refractivity contribution in [3.63, 3.8) is 0 Å². The Morgan fingerprint density at radius 2 is 1.59 bits per heavy atom. The molecule has 7 nitrogen and oxygen atoms in total. The number of anilines is 1. The SMILES string of the molecule is C=CCOc1ccc(Cl)cc1/C=C1\C(=O)NC(=O)N(c2ccc(OCc3ccc(Cl)cc3Cl)cc2)C1=O. The molecule has 1 saturated heterocycles. The zero-order valence-corrected chi connectivity index (χ0v) is 21.4. The van der Waals surface area contributed by atoms with Gasteiger partial charge < -0.3 is 9.47 Å². The highest BCUT2D eigenvalue weighted by molar-refractivity contribution is 6.39. The minimum absolute atomic E-state index is 0.190. The van der Waals surface area contributed by atoms with Crippen molar-refractivity contribution in [1.29, 1.82) is 0 Å². The quantitative estimate of drug-likeness (QED) is 0.195. The molecule has 10 heteroatoms. The number of carbonyl (C=O) groups excluding carboxylic acids is 3. The molecule has 0 unspecified atom stereocenters. The molecule has 0 spiro atoms. The topological polar surface area (TPSA) is 84.9 Å². The minimum atomic E-state index is -0.872. The fraction of sp³-hybridized carbons (Fsp3) is 0.0741. The van der Waals surface area contributed by atoms with Crippen LogP contribution < -0.4 is 19.7 Å². The highest BCUT2D eigenvalue weighted by Gasteiger charge is 2.37. The molecule has 0 aromatic heterocycles. The van der Waals surface area contributed by atoms with Gasteiger partial charge in [0.05, 0.1) is 5.69 Å². The van der Waals surface area contributed by atoms with Gasteiger partial charge in [0, 0.05) is 26.2 Å². The maximum atomic E-state index is 13.3. The number of nitrogens with one attached hydrogen (secondary N) is 1. The molecule has 3 aromatic rings. The first kappa shape index (κ1) is 26.3. The van der Waals surface area contributed by atoms with Gasteiger partial charge in [-0.1, -0.05) is 53.5 Å². The van der Waals surface area contributed by atoms with Crippen LogP contribution in [0, 0.1) is 0 Å². The van der Waals surface area contributed by atoms with E-state index in [2.05, 4.69) is 11.9 Å². The van der Waals surface area contributed by atoms with Gasteiger partial charge in [-0.05, 0) is 60.7 Å². The molecule has 0 saturated carbocycles. The largest absolute Gasteiger partial charge is 0.489 e. The summed E-state index contributed by atoms with van der Waals surface area (Å²) in [5.74, 6) is -0.761. The Kier molecular flexibility index (Phi) is 8.18. The van der Waals surface area contributed by atoms with Crippen molar-refractivity contribution in [1.82, 2.24) is 5.32 Å². The lowest BCUT2D eigenvalue weighted by atomic mass is 10.1. The van der Waals surface area contributed by atoms with Gasteiger partial charge in [0.2, 0.25) is 0 Å². The number of hydrogen-bond acceptors (Lipinski definition) is 5. The number of halogens is 3. The molecule has 1 aliphatic rings. The van der Waals surface area contributed by atoms with E-state index in [0.717, 1.165) is 10.5 Å².